The molecule has 474 valence electrons. The van der Waals surface area contributed by atoms with Crippen LogP contribution in [0.25, 0.3) is 0 Å². The molecule has 0 saturated carbocycles. The van der Waals surface area contributed by atoms with E-state index in [4.69, 9.17) is 23.3 Å². The van der Waals surface area contributed by atoms with E-state index in [1.54, 1.807) is 0 Å². The van der Waals surface area contributed by atoms with Crippen LogP contribution in [0.3, 0.4) is 0 Å². The van der Waals surface area contributed by atoms with E-state index in [1.807, 2.05) is 6.08 Å². The molecule has 0 aliphatic rings. The van der Waals surface area contributed by atoms with Gasteiger partial charge in [-0.2, -0.15) is 0 Å². The Morgan fingerprint density at radius 3 is 1.04 bits per heavy atom. The van der Waals surface area contributed by atoms with Crippen molar-refractivity contribution in [1.29, 1.82) is 0 Å². The SMILES string of the molecule is CC/C=C\C/C=C\C/C=C\C/C=C\C/C=C\CCCC(=O)OCC(COP(=O)(O)OCC(CO)OC(=O)CCCCCCCCCCCCCCCCCCCCC)OC(=O)CCCCCCCCCCC/C=C\C/C=C\CCCCC. The highest BCUT2D eigenvalue weighted by molar-refractivity contribution is 7.47. The summed E-state index contributed by atoms with van der Waals surface area (Å²) in [5, 5.41) is 9.87. The van der Waals surface area contributed by atoms with Crippen LogP contribution in [0, 0.1) is 0 Å². The number of aliphatic hydroxyl groups excluding tert-OH is 1. The summed E-state index contributed by atoms with van der Waals surface area (Å²) in [5.74, 6) is -1.53. The molecule has 0 fully saturated rings. The van der Waals surface area contributed by atoms with Gasteiger partial charge in [0.25, 0.3) is 0 Å². The molecule has 0 bridgehead atoms. The molecule has 0 spiro atoms. The minimum Gasteiger partial charge on any atom is -0.462 e. The summed E-state index contributed by atoms with van der Waals surface area (Å²) in [6.45, 7) is 4.50. The molecule has 0 aliphatic heterocycles. The number of hydrogen-bond acceptors (Lipinski definition) is 10. The summed E-state index contributed by atoms with van der Waals surface area (Å²) in [4.78, 5) is 48.8. The summed E-state index contributed by atoms with van der Waals surface area (Å²) in [6, 6.07) is 0. The normalized spacial score (nSPS) is 13.8. The van der Waals surface area contributed by atoms with E-state index in [9.17, 15) is 28.9 Å². The predicted molar refractivity (Wildman–Crippen MR) is 344 cm³/mol. The fraction of sp³-hybridized carbons (Fsp3) is 0.757. The number of ether oxygens (including phenoxy) is 3. The Bertz CT molecular complexity index is 1700. The minimum atomic E-state index is -4.77. The number of allylic oxidation sites excluding steroid dienone is 14. The van der Waals surface area contributed by atoms with Crippen LogP contribution < -0.4 is 0 Å². The number of carbonyl (C=O) groups excluding carboxylic acids is 3. The van der Waals surface area contributed by atoms with Crippen molar-refractivity contribution in [1.82, 2.24) is 0 Å². The molecule has 12 heteroatoms. The van der Waals surface area contributed by atoms with Crippen molar-refractivity contribution < 1.29 is 52.2 Å². The van der Waals surface area contributed by atoms with Gasteiger partial charge in [0.15, 0.2) is 6.10 Å². The highest BCUT2D eigenvalue weighted by Crippen LogP contribution is 2.43. The van der Waals surface area contributed by atoms with Gasteiger partial charge in [-0.1, -0.05) is 279 Å². The van der Waals surface area contributed by atoms with Gasteiger partial charge in [-0.05, 0) is 89.9 Å². The molecule has 2 N–H and O–H groups in total. The van der Waals surface area contributed by atoms with E-state index in [0.717, 1.165) is 83.5 Å². The van der Waals surface area contributed by atoms with E-state index >= 15 is 0 Å². The number of rotatable bonds is 62. The van der Waals surface area contributed by atoms with Crippen molar-refractivity contribution in [2.45, 2.75) is 315 Å². The van der Waals surface area contributed by atoms with Gasteiger partial charge in [-0.15, -0.1) is 0 Å². The molecular formula is C70H123O11P. The lowest BCUT2D eigenvalue weighted by atomic mass is 10.0. The number of phosphoric ester groups is 1. The van der Waals surface area contributed by atoms with E-state index in [0.29, 0.717) is 25.7 Å². The van der Waals surface area contributed by atoms with Crippen molar-refractivity contribution in [3.05, 3.63) is 85.1 Å². The first kappa shape index (κ1) is 78.7. The zero-order valence-electron chi connectivity index (χ0n) is 52.7. The summed E-state index contributed by atoms with van der Waals surface area (Å²) in [5.41, 5.74) is 0. The van der Waals surface area contributed by atoms with Crippen LogP contribution in [0.1, 0.15) is 303 Å². The van der Waals surface area contributed by atoms with Gasteiger partial charge in [0.05, 0.1) is 19.8 Å². The molecular weight excluding hydrogens is 1050 g/mol. The van der Waals surface area contributed by atoms with Gasteiger partial charge in [-0.3, -0.25) is 23.4 Å². The largest absolute Gasteiger partial charge is 0.472 e. The van der Waals surface area contributed by atoms with Crippen LogP contribution in [-0.4, -0.2) is 66.5 Å². The van der Waals surface area contributed by atoms with Crippen LogP contribution in [0.4, 0.5) is 0 Å². The smallest absolute Gasteiger partial charge is 0.462 e. The number of esters is 3. The Morgan fingerprint density at radius 2 is 0.646 bits per heavy atom. The van der Waals surface area contributed by atoms with E-state index in [1.165, 1.54) is 154 Å². The maximum atomic E-state index is 13.0. The van der Waals surface area contributed by atoms with Crippen LogP contribution in [-0.2, 0) is 42.2 Å². The first-order valence-electron chi connectivity index (χ1n) is 33.5. The van der Waals surface area contributed by atoms with Crippen molar-refractivity contribution in [2.24, 2.45) is 0 Å². The lowest BCUT2D eigenvalue weighted by molar-refractivity contribution is -0.161. The van der Waals surface area contributed by atoms with Crippen molar-refractivity contribution in [2.75, 3.05) is 26.4 Å². The standard InChI is InChI=1S/C70H123O11P/c1-4-7-10-13-16-19-22-25-28-31-33-36-39-42-45-48-51-54-57-60-69(73)80-66(62-71)64-78-82(75,76)79-65-67(63-77-68(72)59-56-53-50-47-44-41-38-35-30-27-24-21-18-15-12-9-6-3)81-70(74)61-58-55-52-49-46-43-40-37-34-32-29-26-23-20-17-14-11-8-5-2/h9,12,17-18,20-21,26-27,29-30,38,41,47,50,66-67,71H,4-8,10-11,13-16,19,22-25,28,31-37,39-40,42-46,48-49,51-65H2,1-3H3,(H,75,76)/b12-9-,20-17-,21-18-,29-26-,30-27-,41-38-,50-47-. The van der Waals surface area contributed by atoms with Gasteiger partial charge < -0.3 is 24.2 Å². The molecule has 0 rings (SSSR count). The first-order valence-corrected chi connectivity index (χ1v) is 35.0. The number of phosphoric acid groups is 1. The van der Waals surface area contributed by atoms with Crippen LogP contribution >= 0.6 is 7.82 Å². The molecule has 0 aromatic rings. The second-order valence-electron chi connectivity index (χ2n) is 22.3. The topological polar surface area (TPSA) is 155 Å². The predicted octanol–water partition coefficient (Wildman–Crippen LogP) is 20.6. The molecule has 0 aromatic carbocycles. The summed E-state index contributed by atoms with van der Waals surface area (Å²) >= 11 is 0. The maximum Gasteiger partial charge on any atom is 0.472 e. The summed E-state index contributed by atoms with van der Waals surface area (Å²) in [7, 11) is -4.77. The third kappa shape index (κ3) is 61.2. The molecule has 0 saturated heterocycles. The fourth-order valence-electron chi connectivity index (χ4n) is 9.25. The van der Waals surface area contributed by atoms with Crippen molar-refractivity contribution >= 4 is 25.7 Å². The third-order valence-electron chi connectivity index (χ3n) is 14.3. The zero-order valence-corrected chi connectivity index (χ0v) is 53.6. The lowest BCUT2D eigenvalue weighted by Gasteiger charge is -2.21. The quantitative estimate of drug-likeness (QED) is 0.0197. The third-order valence-corrected chi connectivity index (χ3v) is 15.3. The second-order valence-corrected chi connectivity index (χ2v) is 23.7. The monoisotopic (exact) mass is 1170 g/mol. The van der Waals surface area contributed by atoms with Gasteiger partial charge in [0, 0.05) is 19.3 Å². The van der Waals surface area contributed by atoms with E-state index in [-0.39, 0.29) is 25.9 Å². The van der Waals surface area contributed by atoms with E-state index in [2.05, 4.69) is 99.8 Å². The van der Waals surface area contributed by atoms with Gasteiger partial charge >= 0.3 is 25.7 Å². The number of hydrogen-bond donors (Lipinski definition) is 2. The Morgan fingerprint density at radius 1 is 0.354 bits per heavy atom. The molecule has 0 aromatic heterocycles. The maximum absolute atomic E-state index is 13.0. The number of aliphatic hydroxyl groups is 1. The Balaban J connectivity index is 4.72. The molecule has 0 radical (unpaired) electrons. The van der Waals surface area contributed by atoms with E-state index < -0.39 is 57.8 Å². The van der Waals surface area contributed by atoms with Gasteiger partial charge in [0.2, 0.25) is 0 Å². The number of unbranched alkanes of at least 4 members (excludes halogenated alkanes) is 31. The average Bonchev–Trinajstić information content (AvgIpc) is 3.47. The number of carbonyl (C=O) groups is 3. The Labute approximate surface area is 502 Å². The van der Waals surface area contributed by atoms with Crippen LogP contribution in [0.5, 0.6) is 0 Å². The molecule has 3 atom stereocenters. The lowest BCUT2D eigenvalue weighted by Crippen LogP contribution is -2.30. The highest BCUT2D eigenvalue weighted by atomic mass is 31.2. The minimum absolute atomic E-state index is 0.146. The van der Waals surface area contributed by atoms with Crippen molar-refractivity contribution in [3.63, 3.8) is 0 Å². The molecule has 0 heterocycles. The molecule has 82 heavy (non-hydrogen) atoms. The summed E-state index contributed by atoms with van der Waals surface area (Å²) < 4.78 is 39.7. The van der Waals surface area contributed by atoms with Gasteiger partial charge in [-0.25, -0.2) is 4.57 Å². The molecule has 3 unspecified atom stereocenters. The van der Waals surface area contributed by atoms with Crippen molar-refractivity contribution in [3.8, 4) is 0 Å². The highest BCUT2D eigenvalue weighted by Gasteiger charge is 2.28. The Hall–Kier alpha value is -3.34. The molecule has 0 aliphatic carbocycles. The molecule has 11 nitrogen and oxygen atoms in total. The fourth-order valence-corrected chi connectivity index (χ4v) is 10.0. The van der Waals surface area contributed by atoms with Crippen LogP contribution in [0.2, 0.25) is 0 Å². The molecule has 0 amide bonds. The first-order chi connectivity index (χ1) is 40.2. The zero-order chi connectivity index (χ0) is 59.8. The average molecular weight is 1170 g/mol. The summed E-state index contributed by atoms with van der Waals surface area (Å²) in [6.07, 6.45) is 75.4. The Kier molecular flexibility index (Phi) is 61.1. The van der Waals surface area contributed by atoms with Gasteiger partial charge in [0.1, 0.15) is 12.7 Å². The second kappa shape index (κ2) is 63.7. The van der Waals surface area contributed by atoms with Crippen LogP contribution in [0.15, 0.2) is 85.1 Å².